The minimum Gasteiger partial charge on any atom is -0.365 e. The average molecular weight is 167 g/mol. The smallest absolute Gasteiger partial charge is 0.252 e. The lowest BCUT2D eigenvalue weighted by molar-refractivity contribution is 0.0998. The number of aromatic nitrogens is 2. The molecule has 1 amide bonds. The monoisotopic (exact) mass is 167 g/mol. The molecule has 4 nitrogen and oxygen atoms in total. The molecule has 0 radical (unpaired) electrons. The number of hydrogen-bond donors (Lipinski definition) is 2. The van der Waals surface area contributed by atoms with Gasteiger partial charge in [-0.25, -0.2) is 0 Å². The Labute approximate surface area is 71.2 Å². The lowest BCUT2D eigenvalue weighted by atomic mass is 10.1. The van der Waals surface area contributed by atoms with Gasteiger partial charge in [-0.3, -0.25) is 9.89 Å². The van der Waals surface area contributed by atoms with Crippen molar-refractivity contribution in [1.29, 1.82) is 0 Å². The number of hydrogen-bond acceptors (Lipinski definition) is 2. The van der Waals surface area contributed by atoms with E-state index >= 15 is 0 Å². The van der Waals surface area contributed by atoms with Crippen LogP contribution in [-0.4, -0.2) is 16.1 Å². The molecule has 4 heteroatoms. The number of carbonyl (C=O) groups is 1. The first kappa shape index (κ1) is 8.77. The molecule has 1 rings (SSSR count). The Morgan fingerprint density at radius 3 is 2.58 bits per heavy atom. The van der Waals surface area contributed by atoms with Crippen molar-refractivity contribution in [2.75, 3.05) is 0 Å². The zero-order chi connectivity index (χ0) is 9.14. The highest BCUT2D eigenvalue weighted by molar-refractivity contribution is 5.95. The second-order valence-electron chi connectivity index (χ2n) is 2.60. The summed E-state index contributed by atoms with van der Waals surface area (Å²) in [7, 11) is 0. The van der Waals surface area contributed by atoms with Crippen LogP contribution in [-0.2, 0) is 12.8 Å². The van der Waals surface area contributed by atoms with E-state index in [4.69, 9.17) is 5.73 Å². The van der Waals surface area contributed by atoms with Gasteiger partial charge in [-0.15, -0.1) is 0 Å². The number of aromatic amines is 1. The van der Waals surface area contributed by atoms with Crippen LogP contribution >= 0.6 is 0 Å². The summed E-state index contributed by atoms with van der Waals surface area (Å²) < 4.78 is 0. The summed E-state index contributed by atoms with van der Waals surface area (Å²) in [4.78, 5) is 11.0. The average Bonchev–Trinajstić information content (AvgIpc) is 2.46. The van der Waals surface area contributed by atoms with Crippen LogP contribution in [0.5, 0.6) is 0 Å². The van der Waals surface area contributed by atoms with E-state index < -0.39 is 5.91 Å². The van der Waals surface area contributed by atoms with Crippen molar-refractivity contribution in [2.45, 2.75) is 26.7 Å². The second kappa shape index (κ2) is 3.38. The molecule has 3 N–H and O–H groups in total. The van der Waals surface area contributed by atoms with E-state index in [9.17, 15) is 4.79 Å². The summed E-state index contributed by atoms with van der Waals surface area (Å²) in [6.07, 6.45) is 1.49. The van der Waals surface area contributed by atoms with Gasteiger partial charge in [-0.2, -0.15) is 5.10 Å². The van der Waals surface area contributed by atoms with Gasteiger partial charge < -0.3 is 5.73 Å². The number of H-pyrrole nitrogens is 1. The highest BCUT2D eigenvalue weighted by atomic mass is 16.1. The minimum atomic E-state index is -0.391. The number of nitrogens with one attached hydrogen (secondary N) is 1. The Hall–Kier alpha value is -1.32. The predicted octanol–water partition coefficient (Wildman–Crippen LogP) is 0.633. The summed E-state index contributed by atoms with van der Waals surface area (Å²) >= 11 is 0. The van der Waals surface area contributed by atoms with Crippen molar-refractivity contribution in [1.82, 2.24) is 10.2 Å². The third-order valence-electron chi connectivity index (χ3n) is 1.85. The van der Waals surface area contributed by atoms with E-state index in [2.05, 4.69) is 10.2 Å². The molecule has 66 valence electrons. The van der Waals surface area contributed by atoms with Gasteiger partial charge in [0.25, 0.3) is 5.91 Å². The molecule has 1 aromatic rings. The van der Waals surface area contributed by atoms with Gasteiger partial charge in [0.1, 0.15) is 0 Å². The number of nitrogens with two attached hydrogens (primary N) is 1. The van der Waals surface area contributed by atoms with Crippen LogP contribution in [0, 0.1) is 0 Å². The Morgan fingerprint density at radius 1 is 1.50 bits per heavy atom. The molecule has 0 aliphatic rings. The molecular formula is C8H13N3O. The van der Waals surface area contributed by atoms with Crippen molar-refractivity contribution < 1.29 is 4.79 Å². The summed E-state index contributed by atoms with van der Waals surface area (Å²) in [5, 5.41) is 6.81. The molecular weight excluding hydrogens is 154 g/mol. The van der Waals surface area contributed by atoms with E-state index in [0.717, 1.165) is 24.2 Å². The Kier molecular flexibility index (Phi) is 2.47. The Morgan fingerprint density at radius 2 is 2.17 bits per heavy atom. The third-order valence-corrected chi connectivity index (χ3v) is 1.85. The largest absolute Gasteiger partial charge is 0.365 e. The molecule has 0 atom stereocenters. The summed E-state index contributed by atoms with van der Waals surface area (Å²) in [5.41, 5.74) is 7.38. The fourth-order valence-corrected chi connectivity index (χ4v) is 1.22. The topological polar surface area (TPSA) is 71.8 Å². The van der Waals surface area contributed by atoms with Crippen LogP contribution in [0.1, 0.15) is 35.6 Å². The van der Waals surface area contributed by atoms with E-state index in [1.807, 2.05) is 13.8 Å². The van der Waals surface area contributed by atoms with Gasteiger partial charge in [-0.05, 0) is 12.8 Å². The van der Waals surface area contributed by atoms with Gasteiger partial charge in [0, 0.05) is 5.69 Å². The quantitative estimate of drug-likeness (QED) is 0.693. The molecule has 1 heterocycles. The maximum absolute atomic E-state index is 11.0. The molecule has 0 fully saturated rings. The van der Waals surface area contributed by atoms with Crippen LogP contribution in [0.3, 0.4) is 0 Å². The van der Waals surface area contributed by atoms with Crippen molar-refractivity contribution in [3.05, 3.63) is 17.0 Å². The van der Waals surface area contributed by atoms with Gasteiger partial charge in [0.05, 0.1) is 11.3 Å². The molecule has 0 saturated heterocycles. The van der Waals surface area contributed by atoms with Gasteiger partial charge in [0.2, 0.25) is 0 Å². The Balaban J connectivity index is 3.16. The number of amides is 1. The van der Waals surface area contributed by atoms with E-state index in [-0.39, 0.29) is 0 Å². The normalized spacial score (nSPS) is 10.2. The van der Waals surface area contributed by atoms with E-state index in [1.54, 1.807) is 0 Å². The van der Waals surface area contributed by atoms with Crippen LogP contribution in [0.25, 0.3) is 0 Å². The fourth-order valence-electron chi connectivity index (χ4n) is 1.22. The summed E-state index contributed by atoms with van der Waals surface area (Å²) in [6, 6.07) is 0. The number of carbonyl (C=O) groups excluding carboxylic acids is 1. The minimum absolute atomic E-state index is 0.391. The predicted molar refractivity (Wildman–Crippen MR) is 45.9 cm³/mol. The summed E-state index contributed by atoms with van der Waals surface area (Å²) in [6.45, 7) is 3.90. The molecule has 0 unspecified atom stereocenters. The number of nitrogens with zero attached hydrogens (tertiary/aromatic N) is 1. The number of aryl methyl sites for hydroxylation is 2. The van der Waals surface area contributed by atoms with Crippen LogP contribution in [0.4, 0.5) is 0 Å². The third kappa shape index (κ3) is 1.32. The zero-order valence-corrected chi connectivity index (χ0v) is 7.35. The molecule has 0 aromatic carbocycles. The second-order valence-corrected chi connectivity index (χ2v) is 2.60. The number of primary amides is 1. The first-order valence-electron chi connectivity index (χ1n) is 4.06. The lowest BCUT2D eigenvalue weighted by Crippen LogP contribution is -2.14. The number of rotatable bonds is 3. The Bertz CT molecular complexity index is 269. The molecule has 0 aliphatic heterocycles. The maximum Gasteiger partial charge on any atom is 0.252 e. The summed E-state index contributed by atoms with van der Waals surface area (Å²) in [5.74, 6) is -0.391. The first-order valence-corrected chi connectivity index (χ1v) is 4.06. The molecule has 0 saturated carbocycles. The van der Waals surface area contributed by atoms with Crippen molar-refractivity contribution in [3.63, 3.8) is 0 Å². The van der Waals surface area contributed by atoms with Crippen LogP contribution < -0.4 is 5.73 Å². The van der Waals surface area contributed by atoms with Crippen molar-refractivity contribution in [2.24, 2.45) is 5.73 Å². The fraction of sp³-hybridized carbons (Fsp3) is 0.500. The van der Waals surface area contributed by atoms with Gasteiger partial charge in [-0.1, -0.05) is 13.8 Å². The highest BCUT2D eigenvalue weighted by Gasteiger charge is 2.14. The molecule has 12 heavy (non-hydrogen) atoms. The first-order chi connectivity index (χ1) is 5.70. The van der Waals surface area contributed by atoms with Crippen molar-refractivity contribution >= 4 is 5.91 Å². The van der Waals surface area contributed by atoms with E-state index in [1.165, 1.54) is 0 Å². The van der Waals surface area contributed by atoms with Gasteiger partial charge >= 0.3 is 0 Å². The molecule has 0 bridgehead atoms. The standard InChI is InChI=1S/C8H13N3O/c1-3-5-7(8(9)12)6(4-2)11-10-5/h3-4H2,1-2H3,(H2,9,12)(H,10,11). The maximum atomic E-state index is 11.0. The SMILES string of the molecule is CCc1n[nH]c(CC)c1C(N)=O. The molecule has 1 aromatic heterocycles. The molecule has 0 spiro atoms. The lowest BCUT2D eigenvalue weighted by Gasteiger charge is -1.96. The van der Waals surface area contributed by atoms with Crippen LogP contribution in [0.15, 0.2) is 0 Å². The van der Waals surface area contributed by atoms with Crippen LogP contribution in [0.2, 0.25) is 0 Å². The van der Waals surface area contributed by atoms with E-state index in [0.29, 0.717) is 5.56 Å². The highest BCUT2D eigenvalue weighted by Crippen LogP contribution is 2.11. The zero-order valence-electron chi connectivity index (χ0n) is 7.35. The van der Waals surface area contributed by atoms with Crippen molar-refractivity contribution in [3.8, 4) is 0 Å². The molecule has 0 aliphatic carbocycles. The van der Waals surface area contributed by atoms with Gasteiger partial charge in [0.15, 0.2) is 0 Å².